The highest BCUT2D eigenvalue weighted by atomic mass is 16.4. The topological polar surface area (TPSA) is 57.6 Å². The number of nitrogens with zero attached hydrogens (tertiary/aromatic N) is 1. The fourth-order valence-corrected chi connectivity index (χ4v) is 3.32. The van der Waals surface area contributed by atoms with Crippen LogP contribution in [0.15, 0.2) is 0 Å². The Labute approximate surface area is 142 Å². The minimum atomic E-state index is -0.830. The van der Waals surface area contributed by atoms with E-state index >= 15 is 0 Å². The summed E-state index contributed by atoms with van der Waals surface area (Å²) in [5, 5.41) is 9.04. The third kappa shape index (κ3) is 6.52. The first-order chi connectivity index (χ1) is 9.91. The quantitative estimate of drug-likeness (QED) is 0.785. The zero-order chi connectivity index (χ0) is 18.9. The van der Waals surface area contributed by atoms with E-state index in [0.29, 0.717) is 6.54 Å². The summed E-state index contributed by atoms with van der Waals surface area (Å²) in [6, 6.07) is 0. The minimum absolute atomic E-state index is 0.0368. The lowest BCUT2D eigenvalue weighted by atomic mass is 9.60. The van der Waals surface area contributed by atoms with E-state index in [-0.39, 0.29) is 23.2 Å². The smallest absolute Gasteiger partial charge is 0.303 e. The Morgan fingerprint density at radius 1 is 0.913 bits per heavy atom. The number of amides is 1. The molecule has 136 valence electrons. The molecule has 1 amide bonds. The number of carbonyl (C=O) groups is 2. The maximum absolute atomic E-state index is 13.2. The molecular formula is C19H37NO3. The maximum atomic E-state index is 13.2. The maximum Gasteiger partial charge on any atom is 0.303 e. The van der Waals surface area contributed by atoms with E-state index in [1.807, 2.05) is 20.8 Å². The van der Waals surface area contributed by atoms with Crippen molar-refractivity contribution >= 4 is 11.9 Å². The molecule has 0 aliphatic rings. The average Bonchev–Trinajstić information content (AvgIpc) is 2.20. The zero-order valence-electron chi connectivity index (χ0n) is 16.8. The lowest BCUT2D eigenvalue weighted by molar-refractivity contribution is -0.151. The van der Waals surface area contributed by atoms with E-state index in [4.69, 9.17) is 5.11 Å². The van der Waals surface area contributed by atoms with E-state index < -0.39 is 16.8 Å². The van der Waals surface area contributed by atoms with Crippen LogP contribution in [0, 0.1) is 21.7 Å². The van der Waals surface area contributed by atoms with Crippen molar-refractivity contribution in [2.24, 2.45) is 21.7 Å². The van der Waals surface area contributed by atoms with E-state index in [1.165, 1.54) is 0 Å². The summed E-state index contributed by atoms with van der Waals surface area (Å²) in [4.78, 5) is 26.0. The predicted molar refractivity (Wildman–Crippen MR) is 95.3 cm³/mol. The van der Waals surface area contributed by atoms with Gasteiger partial charge in [0.05, 0.1) is 11.8 Å². The van der Waals surface area contributed by atoms with Crippen molar-refractivity contribution in [3.05, 3.63) is 0 Å². The van der Waals surface area contributed by atoms with Gasteiger partial charge in [-0.05, 0) is 22.7 Å². The monoisotopic (exact) mass is 327 g/mol. The molecule has 0 bridgehead atoms. The molecule has 0 saturated heterocycles. The van der Waals surface area contributed by atoms with Crippen LogP contribution in [-0.4, -0.2) is 35.5 Å². The highest BCUT2D eigenvalue weighted by Gasteiger charge is 2.48. The molecule has 1 unspecified atom stereocenters. The van der Waals surface area contributed by atoms with Crippen LogP contribution in [0.3, 0.4) is 0 Å². The van der Waals surface area contributed by atoms with E-state index in [0.717, 1.165) is 6.42 Å². The summed E-state index contributed by atoms with van der Waals surface area (Å²) in [6.45, 7) is 19.0. The molecule has 0 rings (SSSR count). The van der Waals surface area contributed by atoms with E-state index in [1.54, 1.807) is 11.9 Å². The molecule has 0 aromatic carbocycles. The van der Waals surface area contributed by atoms with Crippen molar-refractivity contribution in [1.29, 1.82) is 0 Å². The Morgan fingerprint density at radius 2 is 1.35 bits per heavy atom. The molecule has 4 nitrogen and oxygen atoms in total. The molecular weight excluding hydrogens is 290 g/mol. The molecule has 0 aliphatic carbocycles. The van der Waals surface area contributed by atoms with Crippen molar-refractivity contribution < 1.29 is 14.7 Å². The largest absolute Gasteiger partial charge is 0.481 e. The van der Waals surface area contributed by atoms with Gasteiger partial charge in [0.15, 0.2) is 0 Å². The zero-order valence-corrected chi connectivity index (χ0v) is 16.8. The normalized spacial score (nSPS) is 15.9. The molecule has 0 aliphatic heterocycles. The average molecular weight is 328 g/mol. The number of carbonyl (C=O) groups excluding carboxylic acids is 1. The molecule has 0 spiro atoms. The minimum Gasteiger partial charge on any atom is -0.481 e. The number of aliphatic carboxylic acids is 1. The van der Waals surface area contributed by atoms with E-state index in [2.05, 4.69) is 41.5 Å². The van der Waals surface area contributed by atoms with Gasteiger partial charge in [0.25, 0.3) is 0 Å². The van der Waals surface area contributed by atoms with Gasteiger partial charge in [-0.15, -0.1) is 0 Å². The number of carboxylic acids is 1. The van der Waals surface area contributed by atoms with Gasteiger partial charge in [0, 0.05) is 13.6 Å². The molecule has 0 heterocycles. The Bertz CT molecular complexity index is 441. The first kappa shape index (κ1) is 21.9. The second kappa shape index (κ2) is 6.82. The molecule has 0 radical (unpaired) electrons. The summed E-state index contributed by atoms with van der Waals surface area (Å²) >= 11 is 0. The number of hydrogen-bond donors (Lipinski definition) is 1. The van der Waals surface area contributed by atoms with Gasteiger partial charge in [0.2, 0.25) is 5.91 Å². The standard InChI is InChI=1S/C19H37NO3/c1-16(2,3)12-19(9,17(4,5)6)15(23)20(10)13-18(7,8)11-14(21)22/h11-13H2,1-10H3,(H,21,22). The Morgan fingerprint density at radius 3 is 1.65 bits per heavy atom. The molecule has 1 N–H and O–H groups in total. The van der Waals surface area contributed by atoms with Gasteiger partial charge >= 0.3 is 5.97 Å². The molecule has 0 saturated carbocycles. The fraction of sp³-hybridized carbons (Fsp3) is 0.895. The summed E-state index contributed by atoms with van der Waals surface area (Å²) in [7, 11) is 1.79. The summed E-state index contributed by atoms with van der Waals surface area (Å²) in [6.07, 6.45) is 0.835. The third-order valence-electron chi connectivity index (χ3n) is 4.65. The Kier molecular flexibility index (Phi) is 6.51. The Hall–Kier alpha value is -1.06. The van der Waals surface area contributed by atoms with Crippen LogP contribution in [0.5, 0.6) is 0 Å². The molecule has 0 fully saturated rings. The van der Waals surface area contributed by atoms with Crippen LogP contribution >= 0.6 is 0 Å². The lowest BCUT2D eigenvalue weighted by Gasteiger charge is -2.47. The number of carboxylic acid groups (broad SMARTS) is 1. The van der Waals surface area contributed by atoms with Crippen LogP contribution in [0.2, 0.25) is 0 Å². The highest BCUT2D eigenvalue weighted by molar-refractivity contribution is 5.83. The van der Waals surface area contributed by atoms with Crippen molar-refractivity contribution in [1.82, 2.24) is 4.90 Å². The number of hydrogen-bond acceptors (Lipinski definition) is 2. The lowest BCUT2D eigenvalue weighted by Crippen LogP contribution is -2.51. The van der Waals surface area contributed by atoms with Crippen LogP contribution < -0.4 is 0 Å². The highest BCUT2D eigenvalue weighted by Crippen LogP contribution is 2.47. The van der Waals surface area contributed by atoms with Crippen molar-refractivity contribution in [3.8, 4) is 0 Å². The van der Waals surface area contributed by atoms with Crippen LogP contribution in [-0.2, 0) is 9.59 Å². The first-order valence-corrected chi connectivity index (χ1v) is 8.39. The van der Waals surface area contributed by atoms with E-state index in [9.17, 15) is 9.59 Å². The molecule has 0 aromatic rings. The van der Waals surface area contributed by atoms with Gasteiger partial charge in [-0.1, -0.05) is 62.3 Å². The predicted octanol–water partition coefficient (Wildman–Crippen LogP) is 4.43. The first-order valence-electron chi connectivity index (χ1n) is 8.39. The van der Waals surface area contributed by atoms with Crippen molar-refractivity contribution in [2.45, 2.75) is 75.2 Å². The molecule has 0 aromatic heterocycles. The van der Waals surface area contributed by atoms with Gasteiger partial charge in [-0.2, -0.15) is 0 Å². The molecule has 1 atom stereocenters. The van der Waals surface area contributed by atoms with Crippen molar-refractivity contribution in [3.63, 3.8) is 0 Å². The van der Waals surface area contributed by atoms with Crippen LogP contribution in [0.4, 0.5) is 0 Å². The second-order valence-corrected chi connectivity index (χ2v) is 10.2. The van der Waals surface area contributed by atoms with Crippen molar-refractivity contribution in [2.75, 3.05) is 13.6 Å². The summed E-state index contributed by atoms with van der Waals surface area (Å²) in [5.41, 5.74) is -1.09. The molecule has 23 heavy (non-hydrogen) atoms. The van der Waals surface area contributed by atoms with Crippen LogP contribution in [0.1, 0.15) is 75.2 Å². The summed E-state index contributed by atoms with van der Waals surface area (Å²) in [5.74, 6) is -0.734. The second-order valence-electron chi connectivity index (χ2n) is 10.2. The van der Waals surface area contributed by atoms with Gasteiger partial charge < -0.3 is 10.0 Å². The fourth-order valence-electron chi connectivity index (χ4n) is 3.32. The van der Waals surface area contributed by atoms with Gasteiger partial charge in [-0.25, -0.2) is 0 Å². The SMILES string of the molecule is CN(CC(C)(C)CC(=O)O)C(=O)C(C)(CC(C)(C)C)C(C)(C)C. The van der Waals surface area contributed by atoms with Gasteiger partial charge in [0.1, 0.15) is 0 Å². The van der Waals surface area contributed by atoms with Gasteiger partial charge in [-0.3, -0.25) is 9.59 Å². The Balaban J connectivity index is 5.44. The van der Waals surface area contributed by atoms with Crippen LogP contribution in [0.25, 0.3) is 0 Å². The number of rotatable bonds is 6. The third-order valence-corrected chi connectivity index (χ3v) is 4.65. The molecule has 4 heteroatoms. The summed E-state index contributed by atoms with van der Waals surface area (Å²) < 4.78 is 0.